The molecule has 0 spiro atoms. The second kappa shape index (κ2) is 7.30. The number of nitrogens with two attached hydrogens (primary N) is 1. The first-order valence-corrected chi connectivity index (χ1v) is 9.26. The SMILES string of the molecule is COc1cc(-c2nc(N)nc3c2CN(Cc2ccccc2)C3=O)c(Cl)cc1Cl. The van der Waals surface area contributed by atoms with Gasteiger partial charge in [0.1, 0.15) is 11.4 Å². The van der Waals surface area contributed by atoms with Gasteiger partial charge in [0.25, 0.3) is 5.91 Å². The predicted octanol–water partition coefficient (Wildman–Crippen LogP) is 4.20. The van der Waals surface area contributed by atoms with Gasteiger partial charge in [0.05, 0.1) is 29.4 Å². The van der Waals surface area contributed by atoms with Crippen LogP contribution < -0.4 is 10.5 Å². The molecule has 2 heterocycles. The van der Waals surface area contributed by atoms with Crippen molar-refractivity contribution in [1.82, 2.24) is 14.9 Å². The number of rotatable bonds is 4. The normalized spacial score (nSPS) is 13.0. The van der Waals surface area contributed by atoms with E-state index in [1.54, 1.807) is 17.0 Å². The number of amides is 1. The topological polar surface area (TPSA) is 81.3 Å². The van der Waals surface area contributed by atoms with Crippen LogP contribution in [0.1, 0.15) is 21.6 Å². The highest BCUT2D eigenvalue weighted by Gasteiger charge is 2.33. The van der Waals surface area contributed by atoms with Gasteiger partial charge >= 0.3 is 0 Å². The Hall–Kier alpha value is -2.83. The number of hydrogen-bond acceptors (Lipinski definition) is 5. The first-order chi connectivity index (χ1) is 13.5. The lowest BCUT2D eigenvalue weighted by molar-refractivity contribution is 0.0762. The maximum atomic E-state index is 12.9. The Morgan fingerprint density at radius 1 is 1.11 bits per heavy atom. The molecule has 28 heavy (non-hydrogen) atoms. The summed E-state index contributed by atoms with van der Waals surface area (Å²) in [6.07, 6.45) is 0. The van der Waals surface area contributed by atoms with Gasteiger partial charge in [0, 0.05) is 17.7 Å². The molecule has 1 aliphatic rings. The van der Waals surface area contributed by atoms with Gasteiger partial charge in [0.2, 0.25) is 5.95 Å². The van der Waals surface area contributed by atoms with E-state index < -0.39 is 0 Å². The van der Waals surface area contributed by atoms with Crippen molar-refractivity contribution in [2.75, 3.05) is 12.8 Å². The van der Waals surface area contributed by atoms with Crippen LogP contribution in [0.3, 0.4) is 0 Å². The molecule has 0 aliphatic carbocycles. The van der Waals surface area contributed by atoms with E-state index >= 15 is 0 Å². The van der Waals surface area contributed by atoms with Gasteiger partial charge in [-0.2, -0.15) is 0 Å². The molecule has 1 amide bonds. The van der Waals surface area contributed by atoms with E-state index in [0.29, 0.717) is 51.4 Å². The van der Waals surface area contributed by atoms with Gasteiger partial charge in [-0.25, -0.2) is 9.97 Å². The van der Waals surface area contributed by atoms with E-state index in [9.17, 15) is 4.79 Å². The summed E-state index contributed by atoms with van der Waals surface area (Å²) in [5, 5.41) is 0.775. The van der Waals surface area contributed by atoms with Gasteiger partial charge in [-0.3, -0.25) is 4.79 Å². The summed E-state index contributed by atoms with van der Waals surface area (Å²) >= 11 is 12.6. The van der Waals surface area contributed by atoms with Crippen molar-refractivity contribution in [3.63, 3.8) is 0 Å². The van der Waals surface area contributed by atoms with E-state index in [2.05, 4.69) is 9.97 Å². The number of benzene rings is 2. The van der Waals surface area contributed by atoms with Crippen LogP contribution in [0.4, 0.5) is 5.95 Å². The van der Waals surface area contributed by atoms with Crippen molar-refractivity contribution in [2.45, 2.75) is 13.1 Å². The minimum Gasteiger partial charge on any atom is -0.495 e. The monoisotopic (exact) mass is 414 g/mol. The summed E-state index contributed by atoms with van der Waals surface area (Å²) in [6.45, 7) is 0.826. The molecule has 0 saturated heterocycles. The number of halogens is 2. The molecule has 0 saturated carbocycles. The van der Waals surface area contributed by atoms with E-state index in [-0.39, 0.29) is 11.9 Å². The molecule has 8 heteroatoms. The number of methoxy groups -OCH3 is 1. The summed E-state index contributed by atoms with van der Waals surface area (Å²) in [5.41, 5.74) is 8.98. The predicted molar refractivity (Wildman–Crippen MR) is 108 cm³/mol. The highest BCUT2D eigenvalue weighted by molar-refractivity contribution is 6.37. The zero-order valence-electron chi connectivity index (χ0n) is 14.9. The molecular formula is C20H16Cl2N4O2. The fourth-order valence-corrected chi connectivity index (χ4v) is 3.81. The van der Waals surface area contributed by atoms with Crippen LogP contribution >= 0.6 is 23.2 Å². The summed E-state index contributed by atoms with van der Waals surface area (Å²) < 4.78 is 5.29. The van der Waals surface area contributed by atoms with E-state index in [0.717, 1.165) is 5.56 Å². The van der Waals surface area contributed by atoms with Crippen LogP contribution in [0.5, 0.6) is 5.75 Å². The number of hydrogen-bond donors (Lipinski definition) is 1. The van der Waals surface area contributed by atoms with E-state index in [4.69, 9.17) is 33.7 Å². The highest BCUT2D eigenvalue weighted by Crippen LogP contribution is 2.39. The third-order valence-electron chi connectivity index (χ3n) is 4.58. The number of nitrogens with zero attached hydrogens (tertiary/aromatic N) is 3. The maximum Gasteiger partial charge on any atom is 0.273 e. The van der Waals surface area contributed by atoms with Crippen molar-refractivity contribution in [2.24, 2.45) is 0 Å². The second-order valence-electron chi connectivity index (χ2n) is 6.37. The lowest BCUT2D eigenvalue weighted by Crippen LogP contribution is -2.23. The summed E-state index contributed by atoms with van der Waals surface area (Å²) in [5.74, 6) is 0.275. The molecule has 142 valence electrons. The Balaban J connectivity index is 1.78. The molecule has 1 aliphatic heterocycles. The van der Waals surface area contributed by atoms with Crippen LogP contribution in [0.2, 0.25) is 10.0 Å². The van der Waals surface area contributed by atoms with Crippen molar-refractivity contribution in [3.05, 3.63) is 69.3 Å². The minimum absolute atomic E-state index is 0.00800. The van der Waals surface area contributed by atoms with Crippen LogP contribution in [0.15, 0.2) is 42.5 Å². The van der Waals surface area contributed by atoms with Gasteiger partial charge in [-0.1, -0.05) is 53.5 Å². The molecule has 6 nitrogen and oxygen atoms in total. The van der Waals surface area contributed by atoms with Crippen LogP contribution in [-0.4, -0.2) is 27.9 Å². The molecule has 2 aromatic carbocycles. The average Bonchev–Trinajstić information content (AvgIpc) is 2.98. The van der Waals surface area contributed by atoms with Crippen LogP contribution in [0.25, 0.3) is 11.3 Å². The molecule has 0 atom stereocenters. The second-order valence-corrected chi connectivity index (χ2v) is 7.19. The fraction of sp³-hybridized carbons (Fsp3) is 0.150. The zero-order valence-corrected chi connectivity index (χ0v) is 16.5. The van der Waals surface area contributed by atoms with Crippen molar-refractivity contribution in [1.29, 1.82) is 0 Å². The quantitative estimate of drug-likeness (QED) is 0.691. The average molecular weight is 415 g/mol. The number of ether oxygens (including phenoxy) is 1. The van der Waals surface area contributed by atoms with Crippen LogP contribution in [0, 0.1) is 0 Å². The summed E-state index contributed by atoms with van der Waals surface area (Å²) in [7, 11) is 1.52. The largest absolute Gasteiger partial charge is 0.495 e. The Morgan fingerprint density at radius 2 is 1.82 bits per heavy atom. The number of fused-ring (bicyclic) bond motifs is 1. The zero-order chi connectivity index (χ0) is 19.8. The maximum absolute atomic E-state index is 12.9. The van der Waals surface area contributed by atoms with Crippen LogP contribution in [-0.2, 0) is 13.1 Å². The Labute approximate surface area is 171 Å². The molecular weight excluding hydrogens is 399 g/mol. The third-order valence-corrected chi connectivity index (χ3v) is 5.18. The number of aromatic nitrogens is 2. The molecule has 0 fully saturated rings. The lowest BCUT2D eigenvalue weighted by atomic mass is 10.1. The molecule has 0 bridgehead atoms. The van der Waals surface area contributed by atoms with Crippen molar-refractivity contribution in [3.8, 4) is 17.0 Å². The summed E-state index contributed by atoms with van der Waals surface area (Å²) in [6, 6.07) is 13.0. The molecule has 4 rings (SSSR count). The number of nitrogen functional groups attached to an aromatic ring is 1. The number of carbonyl (C=O) groups excluding carboxylic acids is 1. The first kappa shape index (κ1) is 18.5. The fourth-order valence-electron chi connectivity index (χ4n) is 3.26. The first-order valence-electron chi connectivity index (χ1n) is 8.51. The molecule has 3 aromatic rings. The van der Waals surface area contributed by atoms with Gasteiger partial charge in [-0.15, -0.1) is 0 Å². The highest BCUT2D eigenvalue weighted by atomic mass is 35.5. The van der Waals surface area contributed by atoms with Gasteiger partial charge < -0.3 is 15.4 Å². The van der Waals surface area contributed by atoms with Crippen molar-refractivity contribution >= 4 is 35.1 Å². The summed E-state index contributed by atoms with van der Waals surface area (Å²) in [4.78, 5) is 23.1. The minimum atomic E-state index is -0.189. The van der Waals surface area contributed by atoms with E-state index in [1.165, 1.54) is 7.11 Å². The number of carbonyl (C=O) groups is 1. The third kappa shape index (κ3) is 3.25. The number of anilines is 1. The van der Waals surface area contributed by atoms with Gasteiger partial charge in [0.15, 0.2) is 0 Å². The van der Waals surface area contributed by atoms with E-state index in [1.807, 2.05) is 30.3 Å². The van der Waals surface area contributed by atoms with Crippen molar-refractivity contribution < 1.29 is 9.53 Å². The molecule has 1 aromatic heterocycles. The molecule has 0 radical (unpaired) electrons. The Bertz CT molecular complexity index is 1070. The Morgan fingerprint density at radius 3 is 2.54 bits per heavy atom. The standard InChI is InChI=1S/C20H16Cl2N4O2/c1-28-16-7-12(14(21)8-15(16)22)17-13-10-26(9-11-5-3-2-4-6-11)19(27)18(13)25-20(23)24-17/h2-8H,9-10H2,1H3,(H2,23,24,25). The lowest BCUT2D eigenvalue weighted by Gasteiger charge is -2.15. The molecule has 0 unspecified atom stereocenters. The van der Waals surface area contributed by atoms with Gasteiger partial charge in [-0.05, 0) is 17.7 Å². The smallest absolute Gasteiger partial charge is 0.273 e. The molecule has 2 N–H and O–H groups in total. The Kier molecular flexibility index (Phi) is 4.83.